The molecular formula is C14H13FN2O2S. The SMILES string of the molecule is Cc1cc(C(=O)Nc2ccc(F)c(C(N)=S)c2)c(C)o1. The molecule has 1 aromatic heterocycles. The van der Waals surface area contributed by atoms with Gasteiger partial charge in [-0.2, -0.15) is 0 Å². The normalized spacial score (nSPS) is 10.3. The zero-order chi connectivity index (χ0) is 14.9. The molecule has 0 bridgehead atoms. The van der Waals surface area contributed by atoms with E-state index >= 15 is 0 Å². The van der Waals surface area contributed by atoms with Crippen molar-refractivity contribution >= 4 is 28.8 Å². The van der Waals surface area contributed by atoms with Crippen molar-refractivity contribution in [2.75, 3.05) is 5.32 Å². The largest absolute Gasteiger partial charge is 0.466 e. The number of nitrogens with one attached hydrogen (secondary N) is 1. The van der Waals surface area contributed by atoms with Gasteiger partial charge in [0.15, 0.2) is 0 Å². The minimum atomic E-state index is -0.522. The molecule has 0 aliphatic heterocycles. The van der Waals surface area contributed by atoms with Crippen LogP contribution in [0, 0.1) is 19.7 Å². The average Bonchev–Trinajstić information content (AvgIpc) is 2.70. The zero-order valence-electron chi connectivity index (χ0n) is 11.0. The van der Waals surface area contributed by atoms with Crippen LogP contribution in [0.3, 0.4) is 0 Å². The molecule has 1 aromatic carbocycles. The highest BCUT2D eigenvalue weighted by Gasteiger charge is 2.14. The number of aryl methyl sites for hydroxylation is 2. The van der Waals surface area contributed by atoms with Gasteiger partial charge in [0.05, 0.1) is 5.56 Å². The number of carbonyl (C=O) groups is 1. The molecule has 2 rings (SSSR count). The van der Waals surface area contributed by atoms with Gasteiger partial charge in [-0.3, -0.25) is 4.79 Å². The first-order valence-corrected chi connectivity index (χ1v) is 6.27. The summed E-state index contributed by atoms with van der Waals surface area (Å²) in [4.78, 5) is 12.0. The minimum absolute atomic E-state index is 0.0612. The van der Waals surface area contributed by atoms with E-state index in [1.165, 1.54) is 18.2 Å². The summed E-state index contributed by atoms with van der Waals surface area (Å²) in [5.41, 5.74) is 6.36. The Hall–Kier alpha value is -2.21. The number of thiocarbonyl (C=S) groups is 1. The molecule has 0 aliphatic rings. The third-order valence-electron chi connectivity index (χ3n) is 2.78. The van der Waals surface area contributed by atoms with E-state index in [2.05, 4.69) is 5.32 Å². The van der Waals surface area contributed by atoms with E-state index in [1.54, 1.807) is 19.9 Å². The Morgan fingerprint density at radius 2 is 2.00 bits per heavy atom. The molecule has 2 aromatic rings. The van der Waals surface area contributed by atoms with Gasteiger partial charge in [0.1, 0.15) is 22.3 Å². The van der Waals surface area contributed by atoms with Crippen LogP contribution in [0.1, 0.15) is 27.4 Å². The second-order valence-corrected chi connectivity index (χ2v) is 4.78. The van der Waals surface area contributed by atoms with Gasteiger partial charge in [0, 0.05) is 11.3 Å². The molecule has 1 heterocycles. The fraction of sp³-hybridized carbons (Fsp3) is 0.143. The van der Waals surface area contributed by atoms with Crippen LogP contribution in [-0.2, 0) is 0 Å². The van der Waals surface area contributed by atoms with Crippen molar-refractivity contribution in [2.24, 2.45) is 5.73 Å². The van der Waals surface area contributed by atoms with Gasteiger partial charge in [-0.15, -0.1) is 0 Å². The molecular weight excluding hydrogens is 279 g/mol. The lowest BCUT2D eigenvalue weighted by Gasteiger charge is -2.07. The Kier molecular flexibility index (Phi) is 3.85. The maximum absolute atomic E-state index is 13.5. The van der Waals surface area contributed by atoms with Crippen molar-refractivity contribution in [3.63, 3.8) is 0 Å². The second kappa shape index (κ2) is 5.42. The van der Waals surface area contributed by atoms with E-state index in [0.717, 1.165) is 0 Å². The number of anilines is 1. The first-order chi connectivity index (χ1) is 9.38. The molecule has 0 atom stereocenters. The smallest absolute Gasteiger partial charge is 0.259 e. The Bertz CT molecular complexity index is 694. The van der Waals surface area contributed by atoms with Crippen molar-refractivity contribution in [3.05, 3.63) is 52.7 Å². The van der Waals surface area contributed by atoms with Crippen LogP contribution in [0.15, 0.2) is 28.7 Å². The van der Waals surface area contributed by atoms with Gasteiger partial charge in [-0.05, 0) is 38.1 Å². The van der Waals surface area contributed by atoms with E-state index in [0.29, 0.717) is 22.8 Å². The average molecular weight is 292 g/mol. The summed E-state index contributed by atoms with van der Waals surface area (Å²) in [5, 5.41) is 2.65. The topological polar surface area (TPSA) is 68.3 Å². The molecule has 1 amide bonds. The first kappa shape index (κ1) is 14.2. The molecule has 0 saturated heterocycles. The summed E-state index contributed by atoms with van der Waals surface area (Å²) in [5.74, 6) is 0.318. The molecule has 104 valence electrons. The lowest BCUT2D eigenvalue weighted by Crippen LogP contribution is -2.15. The number of amides is 1. The molecule has 20 heavy (non-hydrogen) atoms. The van der Waals surface area contributed by atoms with E-state index in [-0.39, 0.29) is 16.5 Å². The summed E-state index contributed by atoms with van der Waals surface area (Å²) in [7, 11) is 0. The quantitative estimate of drug-likeness (QED) is 0.853. The van der Waals surface area contributed by atoms with Crippen molar-refractivity contribution in [2.45, 2.75) is 13.8 Å². The van der Waals surface area contributed by atoms with Gasteiger partial charge in [-0.1, -0.05) is 12.2 Å². The third kappa shape index (κ3) is 2.85. The van der Waals surface area contributed by atoms with Crippen LogP contribution in [0.5, 0.6) is 0 Å². The summed E-state index contributed by atoms with van der Waals surface area (Å²) in [6.07, 6.45) is 0. The van der Waals surface area contributed by atoms with Crippen molar-refractivity contribution in [1.82, 2.24) is 0 Å². The molecule has 0 spiro atoms. The highest BCUT2D eigenvalue weighted by atomic mass is 32.1. The number of halogens is 1. The van der Waals surface area contributed by atoms with Crippen LogP contribution in [0.25, 0.3) is 0 Å². The number of carbonyl (C=O) groups excluding carboxylic acids is 1. The monoisotopic (exact) mass is 292 g/mol. The van der Waals surface area contributed by atoms with Crippen molar-refractivity contribution in [1.29, 1.82) is 0 Å². The number of nitrogens with two attached hydrogens (primary N) is 1. The second-order valence-electron chi connectivity index (χ2n) is 4.34. The maximum atomic E-state index is 13.5. The molecule has 0 saturated carbocycles. The fourth-order valence-electron chi connectivity index (χ4n) is 1.85. The number of hydrogen-bond acceptors (Lipinski definition) is 3. The van der Waals surface area contributed by atoms with Crippen LogP contribution >= 0.6 is 12.2 Å². The Balaban J connectivity index is 2.26. The first-order valence-electron chi connectivity index (χ1n) is 5.86. The van der Waals surface area contributed by atoms with Gasteiger partial charge in [0.25, 0.3) is 5.91 Å². The van der Waals surface area contributed by atoms with Crippen LogP contribution < -0.4 is 11.1 Å². The predicted octanol–water partition coefficient (Wildman–Crippen LogP) is 2.92. The molecule has 0 aliphatic carbocycles. The van der Waals surface area contributed by atoms with Gasteiger partial charge >= 0.3 is 0 Å². The van der Waals surface area contributed by atoms with Crippen molar-refractivity contribution in [3.8, 4) is 0 Å². The lowest BCUT2D eigenvalue weighted by atomic mass is 10.1. The predicted molar refractivity (Wildman–Crippen MR) is 78.4 cm³/mol. The van der Waals surface area contributed by atoms with Gasteiger partial charge in [-0.25, -0.2) is 4.39 Å². The highest BCUT2D eigenvalue weighted by Crippen LogP contribution is 2.18. The molecule has 0 fully saturated rings. The van der Waals surface area contributed by atoms with Gasteiger partial charge in [0.2, 0.25) is 0 Å². The Morgan fingerprint density at radius 3 is 2.55 bits per heavy atom. The Morgan fingerprint density at radius 1 is 1.30 bits per heavy atom. The molecule has 0 unspecified atom stereocenters. The zero-order valence-corrected chi connectivity index (χ0v) is 11.8. The van der Waals surface area contributed by atoms with Crippen LogP contribution in [-0.4, -0.2) is 10.9 Å². The molecule has 6 heteroatoms. The number of furan rings is 1. The molecule has 0 radical (unpaired) electrons. The van der Waals surface area contributed by atoms with E-state index in [9.17, 15) is 9.18 Å². The standard InChI is InChI=1S/C14H13FN2O2S/c1-7-5-10(8(2)19-7)14(18)17-9-3-4-12(15)11(6-9)13(16)20/h3-6H,1-2H3,(H2,16,20)(H,17,18). The van der Waals surface area contributed by atoms with E-state index in [1.807, 2.05) is 0 Å². The molecule has 3 N–H and O–H groups in total. The summed E-state index contributed by atoms with van der Waals surface area (Å²) < 4.78 is 18.7. The van der Waals surface area contributed by atoms with Crippen molar-refractivity contribution < 1.29 is 13.6 Å². The van der Waals surface area contributed by atoms with E-state index in [4.69, 9.17) is 22.4 Å². The Labute approximate surface area is 120 Å². The molecule has 4 nitrogen and oxygen atoms in total. The number of benzene rings is 1. The van der Waals surface area contributed by atoms with E-state index < -0.39 is 5.82 Å². The van der Waals surface area contributed by atoms with Crippen LogP contribution in [0.2, 0.25) is 0 Å². The third-order valence-corrected chi connectivity index (χ3v) is 3.00. The number of rotatable bonds is 3. The summed E-state index contributed by atoms with van der Waals surface area (Å²) >= 11 is 4.75. The summed E-state index contributed by atoms with van der Waals surface area (Å²) in [6, 6.07) is 5.69. The van der Waals surface area contributed by atoms with Crippen LogP contribution in [0.4, 0.5) is 10.1 Å². The highest BCUT2D eigenvalue weighted by molar-refractivity contribution is 7.80. The minimum Gasteiger partial charge on any atom is -0.466 e. The number of hydrogen-bond donors (Lipinski definition) is 2. The summed E-state index contributed by atoms with van der Waals surface area (Å²) in [6.45, 7) is 3.46. The maximum Gasteiger partial charge on any atom is 0.259 e. The fourth-order valence-corrected chi connectivity index (χ4v) is 2.00. The lowest BCUT2D eigenvalue weighted by molar-refractivity contribution is 0.102. The van der Waals surface area contributed by atoms with Gasteiger partial charge < -0.3 is 15.5 Å².